The normalized spacial score (nSPS) is 13.2. The molecule has 84 valence electrons. The van der Waals surface area contributed by atoms with Gasteiger partial charge in [-0.05, 0) is 42.5 Å². The Balaban J connectivity index is 2.61. The number of benzene rings is 1. The molecule has 1 atom stereocenters. The molecule has 0 amide bonds. The van der Waals surface area contributed by atoms with E-state index in [-0.39, 0.29) is 11.9 Å². The molecule has 15 heavy (non-hydrogen) atoms. The molecule has 1 aromatic rings. The summed E-state index contributed by atoms with van der Waals surface area (Å²) in [6.45, 7) is 4.16. The minimum atomic E-state index is -0.243. The average Bonchev–Trinajstić information content (AvgIpc) is 2.18. The first-order valence-electron chi connectivity index (χ1n) is 5.20. The molecule has 0 aliphatic heterocycles. The molecular weight excluding hydrogens is 213 g/mol. The summed E-state index contributed by atoms with van der Waals surface area (Å²) < 4.78 is 12.9. The fourth-order valence-electron chi connectivity index (χ4n) is 1.39. The van der Waals surface area contributed by atoms with Crippen LogP contribution in [0.3, 0.4) is 0 Å². The van der Waals surface area contributed by atoms with E-state index in [1.165, 1.54) is 12.1 Å². The highest BCUT2D eigenvalue weighted by Crippen LogP contribution is 2.19. The van der Waals surface area contributed by atoms with Gasteiger partial charge in [0.25, 0.3) is 0 Å². The molecule has 1 rings (SSSR count). The standard InChI is InChI=1S/C12H17ClFN/c1-8(2)12(15)6-3-9-7-10(14)4-5-11(9)13/h4-5,7-8,12H,3,6,15H2,1-2H3. The van der Waals surface area contributed by atoms with E-state index in [2.05, 4.69) is 13.8 Å². The summed E-state index contributed by atoms with van der Waals surface area (Å²) in [5.74, 6) is 0.199. The third-order valence-corrected chi connectivity index (χ3v) is 2.98. The molecule has 0 aromatic heterocycles. The van der Waals surface area contributed by atoms with Crippen LogP contribution in [0.1, 0.15) is 25.8 Å². The number of aryl methyl sites for hydroxylation is 1. The van der Waals surface area contributed by atoms with Crippen LogP contribution in [0.4, 0.5) is 4.39 Å². The van der Waals surface area contributed by atoms with Crippen LogP contribution in [0.25, 0.3) is 0 Å². The SMILES string of the molecule is CC(C)C(N)CCc1cc(F)ccc1Cl. The van der Waals surface area contributed by atoms with Gasteiger partial charge in [0.2, 0.25) is 0 Å². The molecule has 0 fully saturated rings. The van der Waals surface area contributed by atoms with Gasteiger partial charge in [-0.1, -0.05) is 25.4 Å². The van der Waals surface area contributed by atoms with E-state index in [1.807, 2.05) is 0 Å². The Hall–Kier alpha value is -0.600. The number of rotatable bonds is 4. The van der Waals surface area contributed by atoms with E-state index in [4.69, 9.17) is 17.3 Å². The first-order valence-corrected chi connectivity index (χ1v) is 5.58. The predicted molar refractivity (Wildman–Crippen MR) is 62.5 cm³/mol. The Morgan fingerprint density at radius 2 is 2.07 bits per heavy atom. The van der Waals surface area contributed by atoms with Gasteiger partial charge < -0.3 is 5.73 Å². The Labute approximate surface area is 95.4 Å². The van der Waals surface area contributed by atoms with Crippen LogP contribution >= 0.6 is 11.6 Å². The molecule has 0 aliphatic carbocycles. The van der Waals surface area contributed by atoms with Gasteiger partial charge in [0.15, 0.2) is 0 Å². The first-order chi connectivity index (χ1) is 7.00. The maximum atomic E-state index is 12.9. The number of halogens is 2. The van der Waals surface area contributed by atoms with Gasteiger partial charge in [0.1, 0.15) is 5.82 Å². The molecule has 1 nitrogen and oxygen atoms in total. The quantitative estimate of drug-likeness (QED) is 0.842. The molecule has 0 radical (unpaired) electrons. The summed E-state index contributed by atoms with van der Waals surface area (Å²) in [5.41, 5.74) is 6.76. The lowest BCUT2D eigenvalue weighted by Crippen LogP contribution is -2.26. The molecular formula is C12H17ClFN. The van der Waals surface area contributed by atoms with Crippen molar-refractivity contribution in [3.63, 3.8) is 0 Å². The van der Waals surface area contributed by atoms with E-state index in [1.54, 1.807) is 6.07 Å². The molecule has 1 unspecified atom stereocenters. The zero-order chi connectivity index (χ0) is 11.4. The lowest BCUT2D eigenvalue weighted by Gasteiger charge is -2.15. The van der Waals surface area contributed by atoms with Gasteiger partial charge in [-0.2, -0.15) is 0 Å². The van der Waals surface area contributed by atoms with Crippen molar-refractivity contribution in [3.05, 3.63) is 34.6 Å². The van der Waals surface area contributed by atoms with Crippen LogP contribution in [0, 0.1) is 11.7 Å². The number of hydrogen-bond acceptors (Lipinski definition) is 1. The van der Waals surface area contributed by atoms with E-state index in [9.17, 15) is 4.39 Å². The Bertz CT molecular complexity index is 325. The van der Waals surface area contributed by atoms with Gasteiger partial charge in [-0.15, -0.1) is 0 Å². The minimum absolute atomic E-state index is 0.143. The largest absolute Gasteiger partial charge is 0.327 e. The number of nitrogens with two attached hydrogens (primary N) is 1. The van der Waals surface area contributed by atoms with Crippen LogP contribution in [0.2, 0.25) is 5.02 Å². The molecule has 2 N–H and O–H groups in total. The van der Waals surface area contributed by atoms with Gasteiger partial charge in [-0.25, -0.2) is 4.39 Å². The summed E-state index contributed by atoms with van der Waals surface area (Å²) in [4.78, 5) is 0. The summed E-state index contributed by atoms with van der Waals surface area (Å²) in [6.07, 6.45) is 1.57. The molecule has 0 bridgehead atoms. The summed E-state index contributed by atoms with van der Waals surface area (Å²) in [6, 6.07) is 4.58. The third-order valence-electron chi connectivity index (χ3n) is 2.61. The molecule has 1 aromatic carbocycles. The zero-order valence-corrected chi connectivity index (χ0v) is 9.89. The van der Waals surface area contributed by atoms with E-state index in [0.717, 1.165) is 18.4 Å². The van der Waals surface area contributed by atoms with E-state index < -0.39 is 0 Å². The van der Waals surface area contributed by atoms with Crippen LogP contribution in [0.15, 0.2) is 18.2 Å². The zero-order valence-electron chi connectivity index (χ0n) is 9.13. The lowest BCUT2D eigenvalue weighted by molar-refractivity contribution is 0.464. The van der Waals surface area contributed by atoms with Crippen molar-refractivity contribution in [1.82, 2.24) is 0 Å². The van der Waals surface area contributed by atoms with Crippen molar-refractivity contribution in [2.75, 3.05) is 0 Å². The van der Waals surface area contributed by atoms with Gasteiger partial charge in [0.05, 0.1) is 0 Å². The first kappa shape index (κ1) is 12.5. The minimum Gasteiger partial charge on any atom is -0.327 e. The van der Waals surface area contributed by atoms with Crippen LogP contribution in [-0.2, 0) is 6.42 Å². The molecule has 0 spiro atoms. The second-order valence-electron chi connectivity index (χ2n) is 4.18. The van der Waals surface area contributed by atoms with Crippen LogP contribution < -0.4 is 5.73 Å². The van der Waals surface area contributed by atoms with Gasteiger partial charge >= 0.3 is 0 Å². The molecule has 0 saturated heterocycles. The highest BCUT2D eigenvalue weighted by molar-refractivity contribution is 6.31. The maximum absolute atomic E-state index is 12.9. The fraction of sp³-hybridized carbons (Fsp3) is 0.500. The van der Waals surface area contributed by atoms with Crippen molar-refractivity contribution in [2.24, 2.45) is 11.7 Å². The summed E-state index contributed by atoms with van der Waals surface area (Å²) >= 11 is 5.95. The van der Waals surface area contributed by atoms with Gasteiger partial charge in [0, 0.05) is 11.1 Å². The van der Waals surface area contributed by atoms with Crippen LogP contribution in [0.5, 0.6) is 0 Å². The van der Waals surface area contributed by atoms with Crippen molar-refractivity contribution in [1.29, 1.82) is 0 Å². The molecule has 0 saturated carbocycles. The fourth-order valence-corrected chi connectivity index (χ4v) is 1.60. The highest BCUT2D eigenvalue weighted by Gasteiger charge is 2.09. The lowest BCUT2D eigenvalue weighted by atomic mass is 9.97. The van der Waals surface area contributed by atoms with Crippen molar-refractivity contribution in [3.8, 4) is 0 Å². The highest BCUT2D eigenvalue weighted by atomic mass is 35.5. The van der Waals surface area contributed by atoms with E-state index >= 15 is 0 Å². The van der Waals surface area contributed by atoms with Crippen molar-refractivity contribution >= 4 is 11.6 Å². The number of hydrogen-bond donors (Lipinski definition) is 1. The second-order valence-corrected chi connectivity index (χ2v) is 4.59. The molecule has 3 heteroatoms. The smallest absolute Gasteiger partial charge is 0.123 e. The Morgan fingerprint density at radius 3 is 2.67 bits per heavy atom. The average molecular weight is 230 g/mol. The van der Waals surface area contributed by atoms with Crippen LogP contribution in [-0.4, -0.2) is 6.04 Å². The maximum Gasteiger partial charge on any atom is 0.123 e. The van der Waals surface area contributed by atoms with Crippen molar-refractivity contribution < 1.29 is 4.39 Å². The summed E-state index contributed by atoms with van der Waals surface area (Å²) in [7, 11) is 0. The third kappa shape index (κ3) is 3.80. The van der Waals surface area contributed by atoms with Gasteiger partial charge in [-0.3, -0.25) is 0 Å². The molecule has 0 heterocycles. The Kier molecular flexibility index (Phi) is 4.55. The van der Waals surface area contributed by atoms with E-state index in [0.29, 0.717) is 10.9 Å². The second kappa shape index (κ2) is 5.47. The van der Waals surface area contributed by atoms with Crippen molar-refractivity contribution in [2.45, 2.75) is 32.7 Å². The monoisotopic (exact) mass is 229 g/mol. The topological polar surface area (TPSA) is 26.0 Å². The molecule has 0 aliphatic rings. The Morgan fingerprint density at radius 1 is 1.40 bits per heavy atom. The summed E-state index contributed by atoms with van der Waals surface area (Å²) in [5, 5.41) is 0.618. The predicted octanol–water partition coefficient (Wildman–Crippen LogP) is 3.40.